The molecule has 0 amide bonds. The third-order valence-electron chi connectivity index (χ3n) is 5.39. The zero-order chi connectivity index (χ0) is 21.9. The number of benzene rings is 4. The lowest BCUT2D eigenvalue weighted by Crippen LogP contribution is -1.99. The van der Waals surface area contributed by atoms with E-state index in [1.165, 1.54) is 5.39 Å². The van der Waals surface area contributed by atoms with Crippen LogP contribution in [0.1, 0.15) is 5.56 Å². The second-order valence-corrected chi connectivity index (χ2v) is 7.46. The smallest absolute Gasteiger partial charge is 0.220 e. The van der Waals surface area contributed by atoms with Crippen molar-refractivity contribution in [1.82, 2.24) is 9.97 Å². The van der Waals surface area contributed by atoms with E-state index in [2.05, 4.69) is 28.2 Å². The van der Waals surface area contributed by atoms with E-state index >= 15 is 0 Å². The van der Waals surface area contributed by atoms with Gasteiger partial charge < -0.3 is 15.6 Å². The van der Waals surface area contributed by atoms with Gasteiger partial charge in [-0.25, -0.2) is 9.97 Å². The summed E-state index contributed by atoms with van der Waals surface area (Å²) in [6.07, 6.45) is 1.68. The van der Waals surface area contributed by atoms with Crippen LogP contribution in [-0.4, -0.2) is 15.1 Å². The molecule has 5 rings (SSSR count). The summed E-state index contributed by atoms with van der Waals surface area (Å²) in [7, 11) is 0. The average molecular weight is 419 g/mol. The molecule has 0 aliphatic carbocycles. The second-order valence-electron chi connectivity index (χ2n) is 7.46. The minimum Gasteiger partial charge on any atom is -0.507 e. The predicted octanol–water partition coefficient (Wildman–Crippen LogP) is 5.83. The molecule has 0 fully saturated rings. The Balaban J connectivity index is 1.45. The number of aromatic nitrogens is 2. The van der Waals surface area contributed by atoms with E-state index in [4.69, 9.17) is 10.5 Å². The van der Waals surface area contributed by atoms with Crippen LogP contribution in [0.4, 0.5) is 5.95 Å². The van der Waals surface area contributed by atoms with Gasteiger partial charge in [0.05, 0.1) is 5.69 Å². The average Bonchev–Trinajstić information content (AvgIpc) is 2.83. The highest BCUT2D eigenvalue weighted by Crippen LogP contribution is 2.37. The number of nitrogens with two attached hydrogens (primary N) is 1. The number of nitrogen functional groups attached to an aromatic ring is 1. The molecule has 0 spiro atoms. The normalized spacial score (nSPS) is 10.9. The van der Waals surface area contributed by atoms with Gasteiger partial charge >= 0.3 is 0 Å². The van der Waals surface area contributed by atoms with Crippen LogP contribution in [0.15, 0.2) is 97.2 Å². The molecule has 5 aromatic rings. The summed E-state index contributed by atoms with van der Waals surface area (Å²) in [6, 6.07) is 29.3. The Labute approximate surface area is 185 Å². The van der Waals surface area contributed by atoms with Crippen molar-refractivity contribution in [3.8, 4) is 33.9 Å². The van der Waals surface area contributed by atoms with Crippen molar-refractivity contribution in [3.05, 3.63) is 103 Å². The van der Waals surface area contributed by atoms with Crippen LogP contribution >= 0.6 is 0 Å². The summed E-state index contributed by atoms with van der Waals surface area (Å²) < 4.78 is 5.99. The van der Waals surface area contributed by atoms with E-state index in [0.717, 1.165) is 22.1 Å². The van der Waals surface area contributed by atoms with Gasteiger partial charge in [-0.2, -0.15) is 0 Å². The summed E-state index contributed by atoms with van der Waals surface area (Å²) in [5.41, 5.74) is 9.81. The third-order valence-corrected chi connectivity index (χ3v) is 5.39. The van der Waals surface area contributed by atoms with Gasteiger partial charge in [-0.1, -0.05) is 72.8 Å². The molecule has 0 unspecified atom stereocenters. The minimum absolute atomic E-state index is 0.0655. The standard InChI is InChI=1S/C27H21N3O2/c28-27-29-16-24(19-7-2-1-3-8-19)26(30-27)23-14-13-21(15-25(23)31)32-17-20-11-6-10-18-9-4-5-12-22(18)20/h1-16,31H,17H2,(H2,28,29,30). The number of rotatable bonds is 5. The first kappa shape index (κ1) is 19.6. The van der Waals surface area contributed by atoms with Crippen LogP contribution in [0.5, 0.6) is 11.5 Å². The maximum absolute atomic E-state index is 10.8. The summed E-state index contributed by atoms with van der Waals surface area (Å²) in [6.45, 7) is 0.399. The van der Waals surface area contributed by atoms with Crippen LogP contribution in [-0.2, 0) is 6.61 Å². The first-order chi connectivity index (χ1) is 15.7. The number of aromatic hydroxyl groups is 1. The molecule has 1 heterocycles. The number of hydrogen-bond donors (Lipinski definition) is 2. The second kappa shape index (κ2) is 8.40. The summed E-state index contributed by atoms with van der Waals surface area (Å²) >= 11 is 0. The summed E-state index contributed by atoms with van der Waals surface area (Å²) in [4.78, 5) is 8.54. The Kier molecular flexibility index (Phi) is 5.14. The molecule has 1 aromatic heterocycles. The Morgan fingerprint density at radius 1 is 0.812 bits per heavy atom. The highest BCUT2D eigenvalue weighted by atomic mass is 16.5. The monoisotopic (exact) mass is 419 g/mol. The minimum atomic E-state index is 0.0655. The van der Waals surface area contributed by atoms with Crippen molar-refractivity contribution in [1.29, 1.82) is 0 Å². The fourth-order valence-electron chi connectivity index (χ4n) is 3.81. The fraction of sp³-hybridized carbons (Fsp3) is 0.0370. The Bertz CT molecular complexity index is 1400. The number of anilines is 1. The van der Waals surface area contributed by atoms with Crippen molar-refractivity contribution < 1.29 is 9.84 Å². The van der Waals surface area contributed by atoms with Crippen LogP contribution in [0.25, 0.3) is 33.2 Å². The molecule has 4 aromatic carbocycles. The number of phenols is 1. The zero-order valence-corrected chi connectivity index (χ0v) is 17.3. The van der Waals surface area contributed by atoms with Gasteiger partial charge in [0.1, 0.15) is 18.1 Å². The maximum atomic E-state index is 10.8. The molecule has 0 aliphatic rings. The lowest BCUT2D eigenvalue weighted by Gasteiger charge is -2.13. The summed E-state index contributed by atoms with van der Waals surface area (Å²) in [5.74, 6) is 0.786. The largest absolute Gasteiger partial charge is 0.507 e. The molecular weight excluding hydrogens is 398 g/mol. The molecule has 32 heavy (non-hydrogen) atoms. The molecule has 3 N–H and O–H groups in total. The van der Waals surface area contributed by atoms with Crippen LogP contribution in [0.2, 0.25) is 0 Å². The van der Waals surface area contributed by atoms with Crippen molar-refractivity contribution in [3.63, 3.8) is 0 Å². The van der Waals surface area contributed by atoms with Gasteiger partial charge in [0, 0.05) is 23.4 Å². The van der Waals surface area contributed by atoms with Crippen LogP contribution in [0, 0.1) is 0 Å². The van der Waals surface area contributed by atoms with Crippen LogP contribution < -0.4 is 10.5 Å². The lowest BCUT2D eigenvalue weighted by atomic mass is 10.00. The Morgan fingerprint density at radius 2 is 1.59 bits per heavy atom. The zero-order valence-electron chi connectivity index (χ0n) is 17.3. The van der Waals surface area contributed by atoms with Crippen molar-refractivity contribution >= 4 is 16.7 Å². The SMILES string of the molecule is Nc1ncc(-c2ccccc2)c(-c2ccc(OCc3cccc4ccccc34)cc2O)n1. The molecule has 156 valence electrons. The molecule has 5 nitrogen and oxygen atoms in total. The highest BCUT2D eigenvalue weighted by Gasteiger charge is 2.15. The first-order valence-electron chi connectivity index (χ1n) is 10.3. The summed E-state index contributed by atoms with van der Waals surface area (Å²) in [5, 5.41) is 13.1. The van der Waals surface area contributed by atoms with E-state index in [1.54, 1.807) is 18.3 Å². The van der Waals surface area contributed by atoms with Crippen molar-refractivity contribution in [2.24, 2.45) is 0 Å². The number of phenolic OH excluding ortho intramolecular Hbond substituents is 1. The fourth-order valence-corrected chi connectivity index (χ4v) is 3.81. The quantitative estimate of drug-likeness (QED) is 0.375. The van der Waals surface area contributed by atoms with Gasteiger partial charge in [-0.05, 0) is 34.0 Å². The Hall–Kier alpha value is -4.38. The number of nitrogens with zero attached hydrogens (tertiary/aromatic N) is 2. The molecule has 0 radical (unpaired) electrons. The molecule has 0 bridgehead atoms. The van der Waals surface area contributed by atoms with E-state index < -0.39 is 0 Å². The molecule has 5 heteroatoms. The molecule has 0 saturated carbocycles. The van der Waals surface area contributed by atoms with Gasteiger partial charge in [-0.15, -0.1) is 0 Å². The molecule has 0 atom stereocenters. The van der Waals surface area contributed by atoms with E-state index in [9.17, 15) is 5.11 Å². The lowest BCUT2D eigenvalue weighted by molar-refractivity contribution is 0.306. The van der Waals surface area contributed by atoms with Gasteiger partial charge in [0.25, 0.3) is 0 Å². The van der Waals surface area contributed by atoms with E-state index in [-0.39, 0.29) is 11.7 Å². The number of ether oxygens (including phenoxy) is 1. The first-order valence-corrected chi connectivity index (χ1v) is 10.3. The van der Waals surface area contributed by atoms with Crippen molar-refractivity contribution in [2.45, 2.75) is 6.61 Å². The van der Waals surface area contributed by atoms with Gasteiger partial charge in [-0.3, -0.25) is 0 Å². The molecule has 0 aliphatic heterocycles. The topological polar surface area (TPSA) is 81.3 Å². The van der Waals surface area contributed by atoms with Gasteiger partial charge in [0.15, 0.2) is 0 Å². The van der Waals surface area contributed by atoms with Crippen molar-refractivity contribution in [2.75, 3.05) is 5.73 Å². The maximum Gasteiger partial charge on any atom is 0.220 e. The predicted molar refractivity (Wildman–Crippen MR) is 127 cm³/mol. The number of hydrogen-bond acceptors (Lipinski definition) is 5. The van der Waals surface area contributed by atoms with E-state index in [1.807, 2.05) is 60.7 Å². The number of fused-ring (bicyclic) bond motifs is 1. The third kappa shape index (κ3) is 3.84. The highest BCUT2D eigenvalue weighted by molar-refractivity contribution is 5.86. The van der Waals surface area contributed by atoms with Crippen LogP contribution in [0.3, 0.4) is 0 Å². The van der Waals surface area contributed by atoms with Gasteiger partial charge in [0.2, 0.25) is 5.95 Å². The van der Waals surface area contributed by atoms with E-state index in [0.29, 0.717) is 23.6 Å². The molecular formula is C27H21N3O2. The molecule has 0 saturated heterocycles. The Morgan fingerprint density at radius 3 is 2.44 bits per heavy atom.